The summed E-state index contributed by atoms with van der Waals surface area (Å²) in [6.07, 6.45) is 3.41. The highest BCUT2D eigenvalue weighted by atomic mass is 35.5. The van der Waals surface area contributed by atoms with Crippen molar-refractivity contribution in [3.8, 4) is 11.3 Å². The summed E-state index contributed by atoms with van der Waals surface area (Å²) in [4.78, 5) is 2.56. The van der Waals surface area contributed by atoms with Gasteiger partial charge in [0.25, 0.3) is 0 Å². The first-order valence-corrected chi connectivity index (χ1v) is 9.58. The normalized spacial score (nSPS) is 17.7. The Labute approximate surface area is 159 Å². The molecule has 1 aliphatic heterocycles. The number of halogens is 1. The number of likely N-dealkylation sites (tertiary alicyclic amines) is 1. The van der Waals surface area contributed by atoms with Crippen LogP contribution in [0.1, 0.15) is 24.1 Å². The summed E-state index contributed by atoms with van der Waals surface area (Å²) in [5, 5.41) is 12.1. The Kier molecular flexibility index (Phi) is 5.32. The third-order valence-electron chi connectivity index (χ3n) is 5.16. The lowest BCUT2D eigenvalue weighted by Gasteiger charge is -2.16. The standard InChI is InChI=1S/C21H23ClN4/c22-19-9-7-18(8-10-19)21-20(23-25-24-21)11-6-17-12-13-26(15-17)14-16-4-2-1-3-5-16/h1-5,7-10,17H,6,11-15H2,(H,23,24,25). The summed E-state index contributed by atoms with van der Waals surface area (Å²) in [5.74, 6) is 0.736. The molecular formula is C21H23ClN4. The molecule has 0 aliphatic carbocycles. The molecule has 4 rings (SSSR count). The predicted molar refractivity (Wildman–Crippen MR) is 105 cm³/mol. The molecule has 0 radical (unpaired) electrons. The molecule has 1 saturated heterocycles. The monoisotopic (exact) mass is 366 g/mol. The van der Waals surface area contributed by atoms with E-state index in [4.69, 9.17) is 11.6 Å². The van der Waals surface area contributed by atoms with E-state index in [0.29, 0.717) is 0 Å². The largest absolute Gasteiger partial charge is 0.299 e. The number of aromatic nitrogens is 3. The molecule has 1 aromatic heterocycles. The van der Waals surface area contributed by atoms with Crippen molar-refractivity contribution in [3.63, 3.8) is 0 Å². The minimum atomic E-state index is 0.736. The molecule has 0 saturated carbocycles. The van der Waals surface area contributed by atoms with Gasteiger partial charge in [-0.3, -0.25) is 10.00 Å². The Balaban J connectivity index is 1.33. The van der Waals surface area contributed by atoms with E-state index in [9.17, 15) is 0 Å². The number of hydrogen-bond acceptors (Lipinski definition) is 3. The molecule has 5 heteroatoms. The Morgan fingerprint density at radius 3 is 2.69 bits per heavy atom. The molecule has 2 heterocycles. The van der Waals surface area contributed by atoms with Crippen molar-refractivity contribution < 1.29 is 0 Å². The Hall–Kier alpha value is -2.17. The summed E-state index contributed by atoms with van der Waals surface area (Å²) in [6, 6.07) is 18.5. The smallest absolute Gasteiger partial charge is 0.115 e. The molecule has 1 atom stereocenters. The number of nitrogens with zero attached hydrogens (tertiary/aromatic N) is 3. The quantitative estimate of drug-likeness (QED) is 0.694. The van der Waals surface area contributed by atoms with Crippen LogP contribution >= 0.6 is 11.6 Å². The van der Waals surface area contributed by atoms with E-state index < -0.39 is 0 Å². The van der Waals surface area contributed by atoms with Crippen molar-refractivity contribution in [1.29, 1.82) is 0 Å². The predicted octanol–water partition coefficient (Wildman–Crippen LogP) is 4.58. The van der Waals surface area contributed by atoms with E-state index in [2.05, 4.69) is 50.6 Å². The highest BCUT2D eigenvalue weighted by molar-refractivity contribution is 6.30. The number of benzene rings is 2. The Bertz CT molecular complexity index is 829. The molecule has 1 N–H and O–H groups in total. The van der Waals surface area contributed by atoms with Gasteiger partial charge in [-0.1, -0.05) is 59.3 Å². The van der Waals surface area contributed by atoms with Crippen LogP contribution in [0.15, 0.2) is 54.6 Å². The van der Waals surface area contributed by atoms with Crippen LogP contribution in [0.3, 0.4) is 0 Å². The van der Waals surface area contributed by atoms with Gasteiger partial charge in [-0.05, 0) is 49.4 Å². The second kappa shape index (κ2) is 8.02. The van der Waals surface area contributed by atoms with Gasteiger partial charge in [-0.2, -0.15) is 0 Å². The van der Waals surface area contributed by atoms with Crippen LogP contribution in [0.2, 0.25) is 5.02 Å². The number of aryl methyl sites for hydroxylation is 1. The fraction of sp³-hybridized carbons (Fsp3) is 0.333. The molecule has 0 bridgehead atoms. The lowest BCUT2D eigenvalue weighted by molar-refractivity contribution is 0.313. The first-order valence-electron chi connectivity index (χ1n) is 9.20. The zero-order valence-corrected chi connectivity index (χ0v) is 15.5. The minimum Gasteiger partial charge on any atom is -0.299 e. The van der Waals surface area contributed by atoms with Gasteiger partial charge in [0.2, 0.25) is 0 Å². The van der Waals surface area contributed by atoms with Gasteiger partial charge in [0.05, 0.1) is 5.69 Å². The molecular weight excluding hydrogens is 344 g/mol. The van der Waals surface area contributed by atoms with Crippen LogP contribution < -0.4 is 0 Å². The van der Waals surface area contributed by atoms with Gasteiger partial charge in [0.1, 0.15) is 5.69 Å². The van der Waals surface area contributed by atoms with E-state index in [1.807, 2.05) is 24.3 Å². The first kappa shape index (κ1) is 17.3. The summed E-state index contributed by atoms with van der Waals surface area (Å²) in [5.41, 5.74) is 4.53. The summed E-state index contributed by atoms with van der Waals surface area (Å²) >= 11 is 5.98. The fourth-order valence-corrected chi connectivity index (χ4v) is 3.87. The van der Waals surface area contributed by atoms with E-state index in [1.54, 1.807) is 0 Å². The number of aromatic amines is 1. The molecule has 2 aromatic carbocycles. The van der Waals surface area contributed by atoms with Gasteiger partial charge < -0.3 is 0 Å². The third-order valence-corrected chi connectivity index (χ3v) is 5.41. The molecule has 0 spiro atoms. The molecule has 1 aliphatic rings. The van der Waals surface area contributed by atoms with E-state index in [-0.39, 0.29) is 0 Å². The van der Waals surface area contributed by atoms with Crippen LogP contribution in [0.5, 0.6) is 0 Å². The van der Waals surface area contributed by atoms with E-state index in [1.165, 1.54) is 25.1 Å². The first-order chi connectivity index (χ1) is 12.8. The van der Waals surface area contributed by atoms with Crippen LogP contribution in [0.25, 0.3) is 11.3 Å². The van der Waals surface area contributed by atoms with Gasteiger partial charge in [-0.25, -0.2) is 0 Å². The van der Waals surface area contributed by atoms with Crippen LogP contribution in [-0.2, 0) is 13.0 Å². The second-order valence-electron chi connectivity index (χ2n) is 7.06. The summed E-state index contributed by atoms with van der Waals surface area (Å²) < 4.78 is 0. The van der Waals surface area contributed by atoms with Crippen LogP contribution in [0, 0.1) is 5.92 Å². The summed E-state index contributed by atoms with van der Waals surface area (Å²) in [7, 11) is 0. The highest BCUT2D eigenvalue weighted by Gasteiger charge is 2.23. The van der Waals surface area contributed by atoms with Gasteiger partial charge in [0, 0.05) is 23.7 Å². The number of H-pyrrole nitrogens is 1. The average molecular weight is 367 g/mol. The molecule has 1 fully saturated rings. The second-order valence-corrected chi connectivity index (χ2v) is 7.50. The average Bonchev–Trinajstić information content (AvgIpc) is 3.31. The molecule has 3 aromatic rings. The van der Waals surface area contributed by atoms with Gasteiger partial charge >= 0.3 is 0 Å². The topological polar surface area (TPSA) is 44.8 Å². The lowest BCUT2D eigenvalue weighted by atomic mass is 9.99. The van der Waals surface area contributed by atoms with Gasteiger partial charge in [-0.15, -0.1) is 5.10 Å². The zero-order valence-electron chi connectivity index (χ0n) is 14.7. The Morgan fingerprint density at radius 2 is 1.88 bits per heavy atom. The number of nitrogens with one attached hydrogen (secondary N) is 1. The van der Waals surface area contributed by atoms with Crippen molar-refractivity contribution >= 4 is 11.6 Å². The molecule has 1 unspecified atom stereocenters. The van der Waals surface area contributed by atoms with E-state index in [0.717, 1.165) is 47.3 Å². The van der Waals surface area contributed by atoms with Crippen LogP contribution in [0.4, 0.5) is 0 Å². The molecule has 26 heavy (non-hydrogen) atoms. The summed E-state index contributed by atoms with van der Waals surface area (Å²) in [6.45, 7) is 3.41. The number of rotatable bonds is 6. The van der Waals surface area contributed by atoms with Crippen LogP contribution in [-0.4, -0.2) is 33.4 Å². The Morgan fingerprint density at radius 1 is 1.08 bits per heavy atom. The lowest BCUT2D eigenvalue weighted by Crippen LogP contribution is -2.20. The van der Waals surface area contributed by atoms with Gasteiger partial charge in [0.15, 0.2) is 0 Å². The molecule has 0 amide bonds. The maximum atomic E-state index is 5.98. The highest BCUT2D eigenvalue weighted by Crippen LogP contribution is 2.26. The van der Waals surface area contributed by atoms with Crippen molar-refractivity contribution in [2.75, 3.05) is 13.1 Å². The molecule has 4 nitrogen and oxygen atoms in total. The van der Waals surface area contributed by atoms with Crippen molar-refractivity contribution in [1.82, 2.24) is 20.3 Å². The van der Waals surface area contributed by atoms with Crippen molar-refractivity contribution in [2.45, 2.75) is 25.8 Å². The maximum absolute atomic E-state index is 5.98. The van der Waals surface area contributed by atoms with E-state index >= 15 is 0 Å². The maximum Gasteiger partial charge on any atom is 0.115 e. The SMILES string of the molecule is Clc1ccc(-c2nn[nH]c2CCC2CCN(Cc3ccccc3)C2)cc1. The third kappa shape index (κ3) is 4.14. The molecule has 134 valence electrons. The number of hydrogen-bond donors (Lipinski definition) is 1. The van der Waals surface area contributed by atoms with Crippen molar-refractivity contribution in [2.24, 2.45) is 5.92 Å². The minimum absolute atomic E-state index is 0.736. The van der Waals surface area contributed by atoms with Crippen molar-refractivity contribution in [3.05, 3.63) is 70.9 Å². The zero-order chi connectivity index (χ0) is 17.8. The fourth-order valence-electron chi connectivity index (χ4n) is 3.74.